The number of hydrogen-bond donors (Lipinski definition) is 0. The lowest BCUT2D eigenvalue weighted by atomic mass is 10.1. The summed E-state index contributed by atoms with van der Waals surface area (Å²) in [7, 11) is -2.92. The third-order valence-electron chi connectivity index (χ3n) is 5.07. The molecule has 0 radical (unpaired) electrons. The molecule has 0 N–H and O–H groups in total. The Bertz CT molecular complexity index is 877. The molecule has 31 heavy (non-hydrogen) atoms. The van der Waals surface area contributed by atoms with Crippen LogP contribution in [0.3, 0.4) is 0 Å². The lowest BCUT2D eigenvalue weighted by Gasteiger charge is -2.30. The SMILES string of the molecule is CCO[Si](OCC)(OCC)c1ccc(N(c2ccc(C)cc2)c2ccc(C)cc2)cc1. The van der Waals surface area contributed by atoms with E-state index in [9.17, 15) is 0 Å². The quantitative estimate of drug-likeness (QED) is 0.364. The van der Waals surface area contributed by atoms with Crippen LogP contribution in [0.5, 0.6) is 0 Å². The van der Waals surface area contributed by atoms with Crippen molar-refractivity contribution in [3.63, 3.8) is 0 Å². The highest BCUT2D eigenvalue weighted by atomic mass is 28.4. The van der Waals surface area contributed by atoms with Crippen molar-refractivity contribution in [1.29, 1.82) is 0 Å². The molecule has 0 amide bonds. The second kappa shape index (κ2) is 10.7. The van der Waals surface area contributed by atoms with Crippen molar-refractivity contribution in [2.75, 3.05) is 24.7 Å². The van der Waals surface area contributed by atoms with Crippen LogP contribution in [0.25, 0.3) is 0 Å². The minimum Gasteiger partial charge on any atom is -0.370 e. The Labute approximate surface area is 187 Å². The maximum Gasteiger partial charge on any atom is 0.537 e. The van der Waals surface area contributed by atoms with E-state index >= 15 is 0 Å². The Morgan fingerprint density at radius 2 is 0.871 bits per heavy atom. The molecular formula is C26H33NO3Si. The van der Waals surface area contributed by atoms with Gasteiger partial charge in [-0.3, -0.25) is 0 Å². The topological polar surface area (TPSA) is 30.9 Å². The van der Waals surface area contributed by atoms with Crippen molar-refractivity contribution in [1.82, 2.24) is 0 Å². The van der Waals surface area contributed by atoms with Gasteiger partial charge >= 0.3 is 8.80 Å². The average Bonchev–Trinajstić information content (AvgIpc) is 2.77. The van der Waals surface area contributed by atoms with E-state index in [2.05, 4.69) is 91.5 Å². The Hall–Kier alpha value is -2.44. The van der Waals surface area contributed by atoms with Crippen molar-refractivity contribution in [3.05, 3.63) is 83.9 Å². The molecular weight excluding hydrogens is 402 g/mol. The Kier molecular flexibility index (Phi) is 8.04. The highest BCUT2D eigenvalue weighted by Gasteiger charge is 2.43. The van der Waals surface area contributed by atoms with E-state index < -0.39 is 8.80 Å². The molecule has 0 aliphatic rings. The first-order valence-corrected chi connectivity index (χ1v) is 12.7. The molecule has 0 fully saturated rings. The predicted octanol–water partition coefficient (Wildman–Crippen LogP) is 6.03. The van der Waals surface area contributed by atoms with E-state index in [0.29, 0.717) is 19.8 Å². The number of benzene rings is 3. The van der Waals surface area contributed by atoms with Gasteiger partial charge in [0.25, 0.3) is 0 Å². The fourth-order valence-electron chi connectivity index (χ4n) is 3.59. The third kappa shape index (κ3) is 5.43. The average molecular weight is 436 g/mol. The minimum atomic E-state index is -2.92. The van der Waals surface area contributed by atoms with E-state index in [4.69, 9.17) is 13.3 Å². The molecule has 0 saturated carbocycles. The highest BCUT2D eigenvalue weighted by molar-refractivity contribution is 6.75. The number of anilines is 3. The molecule has 0 aromatic heterocycles. The Morgan fingerprint density at radius 3 is 1.19 bits per heavy atom. The zero-order chi connectivity index (χ0) is 22.3. The molecule has 3 rings (SSSR count). The van der Waals surface area contributed by atoms with Gasteiger partial charge in [0.05, 0.1) is 0 Å². The van der Waals surface area contributed by atoms with Crippen LogP contribution < -0.4 is 10.1 Å². The fraction of sp³-hybridized carbons (Fsp3) is 0.308. The lowest BCUT2D eigenvalue weighted by Crippen LogP contribution is -2.56. The van der Waals surface area contributed by atoms with Gasteiger partial charge in [-0.1, -0.05) is 47.5 Å². The van der Waals surface area contributed by atoms with Gasteiger partial charge in [-0.05, 0) is 71.0 Å². The summed E-state index contributed by atoms with van der Waals surface area (Å²) in [5.74, 6) is 0. The van der Waals surface area contributed by atoms with Crippen LogP contribution >= 0.6 is 0 Å². The summed E-state index contributed by atoms with van der Waals surface area (Å²) in [5.41, 5.74) is 5.78. The van der Waals surface area contributed by atoms with Crippen LogP contribution in [0, 0.1) is 13.8 Å². The summed E-state index contributed by atoms with van der Waals surface area (Å²) in [6, 6.07) is 25.6. The van der Waals surface area contributed by atoms with Gasteiger partial charge in [0.15, 0.2) is 0 Å². The monoisotopic (exact) mass is 435 g/mol. The first kappa shape index (κ1) is 23.2. The summed E-state index contributed by atoms with van der Waals surface area (Å²) < 4.78 is 18.2. The number of rotatable bonds is 10. The van der Waals surface area contributed by atoms with Gasteiger partial charge in [0, 0.05) is 42.1 Å². The van der Waals surface area contributed by atoms with Crippen LogP contribution in [-0.4, -0.2) is 28.6 Å². The van der Waals surface area contributed by atoms with Gasteiger partial charge in [-0.25, -0.2) is 0 Å². The third-order valence-corrected chi connectivity index (χ3v) is 8.11. The second-order valence-corrected chi connectivity index (χ2v) is 9.96. The zero-order valence-corrected chi connectivity index (χ0v) is 20.2. The van der Waals surface area contributed by atoms with E-state index in [1.807, 2.05) is 20.8 Å². The number of hydrogen-bond acceptors (Lipinski definition) is 4. The van der Waals surface area contributed by atoms with Crippen LogP contribution in [0.15, 0.2) is 72.8 Å². The molecule has 0 saturated heterocycles. The molecule has 0 aliphatic heterocycles. The van der Waals surface area contributed by atoms with Crippen molar-refractivity contribution in [2.24, 2.45) is 0 Å². The van der Waals surface area contributed by atoms with Crippen LogP contribution in [-0.2, 0) is 13.3 Å². The van der Waals surface area contributed by atoms with Gasteiger partial charge in [-0.15, -0.1) is 0 Å². The highest BCUT2D eigenvalue weighted by Crippen LogP contribution is 2.34. The summed E-state index contributed by atoms with van der Waals surface area (Å²) in [4.78, 5) is 2.26. The smallest absolute Gasteiger partial charge is 0.370 e. The minimum absolute atomic E-state index is 0.548. The first-order chi connectivity index (χ1) is 15.0. The summed E-state index contributed by atoms with van der Waals surface area (Å²) >= 11 is 0. The molecule has 0 bridgehead atoms. The zero-order valence-electron chi connectivity index (χ0n) is 19.2. The maximum atomic E-state index is 6.07. The summed E-state index contributed by atoms with van der Waals surface area (Å²) in [6.45, 7) is 11.8. The van der Waals surface area contributed by atoms with Crippen LogP contribution in [0.4, 0.5) is 17.1 Å². The maximum absolute atomic E-state index is 6.07. The lowest BCUT2D eigenvalue weighted by molar-refractivity contribution is 0.0859. The molecule has 0 aliphatic carbocycles. The van der Waals surface area contributed by atoms with Gasteiger partial charge in [-0.2, -0.15) is 0 Å². The van der Waals surface area contributed by atoms with Gasteiger partial charge < -0.3 is 18.2 Å². The number of aryl methyl sites for hydroxylation is 2. The first-order valence-electron chi connectivity index (χ1n) is 11.0. The van der Waals surface area contributed by atoms with Crippen molar-refractivity contribution in [2.45, 2.75) is 34.6 Å². The molecule has 164 valence electrons. The number of nitrogens with zero attached hydrogens (tertiary/aromatic N) is 1. The van der Waals surface area contributed by atoms with E-state index in [1.54, 1.807) is 0 Å². The largest absolute Gasteiger partial charge is 0.537 e. The fourth-order valence-corrected chi connectivity index (χ4v) is 6.06. The van der Waals surface area contributed by atoms with Gasteiger partial charge in [0.2, 0.25) is 0 Å². The van der Waals surface area contributed by atoms with E-state index in [-0.39, 0.29) is 0 Å². The van der Waals surface area contributed by atoms with Crippen molar-refractivity contribution in [3.8, 4) is 0 Å². The Balaban J connectivity index is 2.04. The van der Waals surface area contributed by atoms with E-state index in [0.717, 1.165) is 22.2 Å². The molecule has 5 heteroatoms. The van der Waals surface area contributed by atoms with Crippen molar-refractivity contribution >= 4 is 31.1 Å². The molecule has 0 spiro atoms. The van der Waals surface area contributed by atoms with E-state index in [1.165, 1.54) is 11.1 Å². The summed E-state index contributed by atoms with van der Waals surface area (Å²) in [5, 5.41) is 0.981. The Morgan fingerprint density at radius 1 is 0.548 bits per heavy atom. The molecule has 4 nitrogen and oxygen atoms in total. The molecule has 3 aromatic rings. The summed E-state index contributed by atoms with van der Waals surface area (Å²) in [6.07, 6.45) is 0. The predicted molar refractivity (Wildman–Crippen MR) is 131 cm³/mol. The molecule has 0 heterocycles. The standard InChI is InChI=1S/C26H33NO3Si/c1-6-28-31(29-7-2,30-8-3)26-19-17-25(18-20-26)27(23-13-9-21(4)10-14-23)24-15-11-22(5)12-16-24/h9-20H,6-8H2,1-5H3. The molecule has 0 atom stereocenters. The second-order valence-electron chi connectivity index (χ2n) is 7.41. The van der Waals surface area contributed by atoms with Gasteiger partial charge in [0.1, 0.15) is 0 Å². The molecule has 0 unspecified atom stereocenters. The van der Waals surface area contributed by atoms with Crippen molar-refractivity contribution < 1.29 is 13.3 Å². The van der Waals surface area contributed by atoms with Crippen LogP contribution in [0.1, 0.15) is 31.9 Å². The van der Waals surface area contributed by atoms with Crippen LogP contribution in [0.2, 0.25) is 0 Å². The normalized spacial score (nSPS) is 11.5. The molecule has 3 aromatic carbocycles.